The Kier molecular flexibility index (Phi) is 7.60. The zero-order chi connectivity index (χ0) is 21.5. The highest BCUT2D eigenvalue weighted by molar-refractivity contribution is 7.15. The summed E-state index contributed by atoms with van der Waals surface area (Å²) in [5.41, 5.74) is 2.63. The number of hydrogen-bond donors (Lipinski definition) is 1. The topological polar surface area (TPSA) is 54.5 Å². The highest BCUT2D eigenvalue weighted by Gasteiger charge is 2.21. The van der Waals surface area contributed by atoms with Gasteiger partial charge in [-0.1, -0.05) is 49.4 Å². The molecule has 1 unspecified atom stereocenters. The molecule has 3 aromatic rings. The van der Waals surface area contributed by atoms with Crippen molar-refractivity contribution in [2.45, 2.75) is 26.3 Å². The van der Waals surface area contributed by atoms with Crippen molar-refractivity contribution in [1.29, 1.82) is 0 Å². The van der Waals surface area contributed by atoms with E-state index in [4.69, 9.17) is 4.74 Å². The monoisotopic (exact) mass is 423 g/mol. The Bertz CT molecular complexity index is 952. The van der Waals surface area contributed by atoms with Gasteiger partial charge in [-0.3, -0.25) is 4.79 Å². The highest BCUT2D eigenvalue weighted by Crippen LogP contribution is 2.30. The molecule has 0 radical (unpaired) electrons. The number of aromatic nitrogens is 1. The molecule has 6 heteroatoms. The largest absolute Gasteiger partial charge is 0.494 e. The standard InChI is InChI=1S/C24H29N3O2S/c1-5-15-29-20-13-11-18(12-14-20)21(27(3)4)16-25-24(28)22-23(30-17(2)26-22)19-9-7-6-8-10-19/h6-14,21H,5,15-16H2,1-4H3,(H,25,28). The fraction of sp³-hybridized carbons (Fsp3) is 0.333. The summed E-state index contributed by atoms with van der Waals surface area (Å²) in [6.07, 6.45) is 0.981. The molecule has 0 bridgehead atoms. The van der Waals surface area contributed by atoms with Gasteiger partial charge in [0.25, 0.3) is 5.91 Å². The lowest BCUT2D eigenvalue weighted by atomic mass is 10.1. The van der Waals surface area contributed by atoms with Crippen LogP contribution in [-0.2, 0) is 0 Å². The molecule has 1 amide bonds. The number of nitrogens with one attached hydrogen (secondary N) is 1. The summed E-state index contributed by atoms with van der Waals surface area (Å²) < 4.78 is 5.67. The quantitative estimate of drug-likeness (QED) is 0.530. The van der Waals surface area contributed by atoms with Gasteiger partial charge in [-0.15, -0.1) is 11.3 Å². The molecule has 30 heavy (non-hydrogen) atoms. The zero-order valence-corrected chi connectivity index (χ0v) is 18.8. The molecule has 158 valence electrons. The molecule has 0 spiro atoms. The summed E-state index contributed by atoms with van der Waals surface area (Å²) in [5, 5.41) is 3.96. The number of hydrogen-bond acceptors (Lipinski definition) is 5. The minimum absolute atomic E-state index is 0.0501. The second-order valence-corrected chi connectivity index (χ2v) is 8.59. The van der Waals surface area contributed by atoms with Crippen LogP contribution in [0.25, 0.3) is 10.4 Å². The first-order valence-electron chi connectivity index (χ1n) is 10.2. The van der Waals surface area contributed by atoms with Crippen molar-refractivity contribution in [3.63, 3.8) is 0 Å². The van der Waals surface area contributed by atoms with Crippen LogP contribution in [0.4, 0.5) is 0 Å². The van der Waals surface area contributed by atoms with Gasteiger partial charge in [0.1, 0.15) is 11.4 Å². The van der Waals surface area contributed by atoms with Crippen molar-refractivity contribution < 1.29 is 9.53 Å². The first-order chi connectivity index (χ1) is 14.5. The maximum atomic E-state index is 13.0. The van der Waals surface area contributed by atoms with Crippen molar-refractivity contribution in [1.82, 2.24) is 15.2 Å². The fourth-order valence-electron chi connectivity index (χ4n) is 3.24. The molecule has 1 N–H and O–H groups in total. The van der Waals surface area contributed by atoms with E-state index in [9.17, 15) is 4.79 Å². The lowest BCUT2D eigenvalue weighted by Gasteiger charge is -2.25. The van der Waals surface area contributed by atoms with Gasteiger partial charge in [0.05, 0.1) is 22.5 Å². The van der Waals surface area contributed by atoms with Gasteiger partial charge in [-0.2, -0.15) is 0 Å². The van der Waals surface area contributed by atoms with Crippen LogP contribution in [0.5, 0.6) is 5.75 Å². The Balaban J connectivity index is 1.72. The summed E-state index contributed by atoms with van der Waals surface area (Å²) in [7, 11) is 4.03. The molecule has 0 aliphatic carbocycles. The van der Waals surface area contributed by atoms with E-state index in [2.05, 4.69) is 34.3 Å². The van der Waals surface area contributed by atoms with Gasteiger partial charge in [-0.05, 0) is 50.7 Å². The van der Waals surface area contributed by atoms with E-state index < -0.39 is 0 Å². The molecule has 2 aromatic carbocycles. The number of aryl methyl sites for hydroxylation is 1. The average molecular weight is 424 g/mol. The Morgan fingerprint density at radius 1 is 1.13 bits per heavy atom. The molecule has 0 saturated heterocycles. The van der Waals surface area contributed by atoms with Crippen LogP contribution in [-0.4, -0.2) is 43.0 Å². The van der Waals surface area contributed by atoms with Gasteiger partial charge >= 0.3 is 0 Å². The van der Waals surface area contributed by atoms with Crippen molar-refractivity contribution >= 4 is 17.2 Å². The van der Waals surface area contributed by atoms with Crippen LogP contribution in [0.2, 0.25) is 0 Å². The van der Waals surface area contributed by atoms with Crippen molar-refractivity contribution in [2.75, 3.05) is 27.2 Å². The number of rotatable bonds is 9. The third-order valence-corrected chi connectivity index (χ3v) is 5.82. The van der Waals surface area contributed by atoms with E-state index in [-0.39, 0.29) is 11.9 Å². The summed E-state index contributed by atoms with van der Waals surface area (Å²) in [6.45, 7) is 5.22. The van der Waals surface area contributed by atoms with E-state index in [0.29, 0.717) is 18.8 Å². The minimum Gasteiger partial charge on any atom is -0.494 e. The lowest BCUT2D eigenvalue weighted by molar-refractivity contribution is 0.0938. The number of thiazole rings is 1. The SMILES string of the molecule is CCCOc1ccc(C(CNC(=O)c2nc(C)sc2-c2ccccc2)N(C)C)cc1. The average Bonchev–Trinajstić information content (AvgIpc) is 3.15. The molecule has 0 fully saturated rings. The van der Waals surface area contributed by atoms with Gasteiger partial charge < -0.3 is 15.0 Å². The van der Waals surface area contributed by atoms with Crippen LogP contribution >= 0.6 is 11.3 Å². The predicted molar refractivity (Wildman–Crippen MR) is 123 cm³/mol. The maximum absolute atomic E-state index is 13.0. The number of benzene rings is 2. The van der Waals surface area contributed by atoms with Crippen LogP contribution in [0.15, 0.2) is 54.6 Å². The second-order valence-electron chi connectivity index (χ2n) is 7.38. The molecule has 5 nitrogen and oxygen atoms in total. The van der Waals surface area contributed by atoms with Crippen molar-refractivity contribution in [3.8, 4) is 16.2 Å². The molecule has 1 aromatic heterocycles. The number of amides is 1. The molecule has 1 atom stereocenters. The van der Waals surface area contributed by atoms with Crippen LogP contribution in [0.3, 0.4) is 0 Å². The number of ether oxygens (including phenoxy) is 1. The molecular weight excluding hydrogens is 394 g/mol. The van der Waals surface area contributed by atoms with E-state index in [1.807, 2.05) is 63.5 Å². The lowest BCUT2D eigenvalue weighted by Crippen LogP contribution is -2.34. The Labute approximate surface area is 182 Å². The molecule has 3 rings (SSSR count). The number of carbonyl (C=O) groups is 1. The predicted octanol–water partition coefficient (Wildman–Crippen LogP) is 4.94. The smallest absolute Gasteiger partial charge is 0.271 e. The summed E-state index contributed by atoms with van der Waals surface area (Å²) in [6, 6.07) is 18.1. The van der Waals surface area contributed by atoms with Gasteiger partial charge in [0.2, 0.25) is 0 Å². The van der Waals surface area contributed by atoms with Crippen LogP contribution < -0.4 is 10.1 Å². The second kappa shape index (κ2) is 10.4. The summed E-state index contributed by atoms with van der Waals surface area (Å²) in [5.74, 6) is 0.723. The highest BCUT2D eigenvalue weighted by atomic mass is 32.1. The Morgan fingerprint density at radius 3 is 2.47 bits per heavy atom. The molecule has 0 aliphatic heterocycles. The molecule has 0 saturated carbocycles. The van der Waals surface area contributed by atoms with E-state index in [1.54, 1.807) is 11.3 Å². The van der Waals surface area contributed by atoms with Gasteiger partial charge in [0.15, 0.2) is 0 Å². The number of likely N-dealkylation sites (N-methyl/N-ethyl adjacent to an activating group) is 1. The van der Waals surface area contributed by atoms with Crippen molar-refractivity contribution in [3.05, 3.63) is 70.9 Å². The normalized spacial score (nSPS) is 12.0. The fourth-order valence-corrected chi connectivity index (χ4v) is 4.17. The molecular formula is C24H29N3O2S. The number of carbonyl (C=O) groups excluding carboxylic acids is 1. The summed E-state index contributed by atoms with van der Waals surface area (Å²) in [4.78, 5) is 20.5. The molecule has 0 aliphatic rings. The Morgan fingerprint density at radius 2 is 1.83 bits per heavy atom. The summed E-state index contributed by atoms with van der Waals surface area (Å²) >= 11 is 1.54. The third-order valence-electron chi connectivity index (χ3n) is 4.80. The van der Waals surface area contributed by atoms with Crippen molar-refractivity contribution in [2.24, 2.45) is 0 Å². The van der Waals surface area contributed by atoms with E-state index >= 15 is 0 Å². The van der Waals surface area contributed by atoms with Crippen LogP contribution in [0, 0.1) is 6.92 Å². The first-order valence-corrected chi connectivity index (χ1v) is 11.0. The Hall–Kier alpha value is -2.70. The van der Waals surface area contributed by atoms with E-state index in [0.717, 1.165) is 33.2 Å². The van der Waals surface area contributed by atoms with Gasteiger partial charge in [-0.25, -0.2) is 4.98 Å². The first kappa shape index (κ1) is 22.0. The zero-order valence-electron chi connectivity index (χ0n) is 18.0. The number of nitrogens with zero attached hydrogens (tertiary/aromatic N) is 2. The van der Waals surface area contributed by atoms with E-state index in [1.165, 1.54) is 0 Å². The van der Waals surface area contributed by atoms with Crippen LogP contribution in [0.1, 0.15) is 40.4 Å². The third kappa shape index (κ3) is 5.46. The van der Waals surface area contributed by atoms with Gasteiger partial charge in [0, 0.05) is 6.54 Å². The minimum atomic E-state index is -0.145. The maximum Gasteiger partial charge on any atom is 0.271 e. The molecule has 1 heterocycles.